The predicted octanol–water partition coefficient (Wildman–Crippen LogP) is 2.90. The van der Waals surface area contributed by atoms with Gasteiger partial charge in [0.15, 0.2) is 11.5 Å². The van der Waals surface area contributed by atoms with E-state index in [1.807, 2.05) is 48.5 Å². The van der Waals surface area contributed by atoms with E-state index >= 15 is 0 Å². The summed E-state index contributed by atoms with van der Waals surface area (Å²) in [7, 11) is 1.62. The van der Waals surface area contributed by atoms with Crippen LogP contribution in [0, 0.1) is 0 Å². The van der Waals surface area contributed by atoms with Crippen molar-refractivity contribution in [3.8, 4) is 11.5 Å². The van der Waals surface area contributed by atoms with Gasteiger partial charge in [-0.25, -0.2) is 0 Å². The van der Waals surface area contributed by atoms with Gasteiger partial charge in [-0.3, -0.25) is 9.69 Å². The summed E-state index contributed by atoms with van der Waals surface area (Å²) >= 11 is 0. The SMILES string of the molecule is COc1cc(/C=C2\C(=O)Nc3ccccc32)ccc1OCCN1CCOCC1. The number of hydrogen-bond acceptors (Lipinski definition) is 5. The maximum Gasteiger partial charge on any atom is 0.256 e. The van der Waals surface area contributed by atoms with Gasteiger partial charge < -0.3 is 19.5 Å². The number of carbonyl (C=O) groups is 1. The first-order valence-electron chi connectivity index (χ1n) is 9.48. The molecule has 0 atom stereocenters. The summed E-state index contributed by atoms with van der Waals surface area (Å²) in [5.74, 6) is 1.27. The molecule has 0 saturated carbocycles. The number of amides is 1. The molecule has 0 aromatic heterocycles. The molecule has 0 aliphatic carbocycles. The molecule has 6 nitrogen and oxygen atoms in total. The fourth-order valence-electron chi connectivity index (χ4n) is 3.45. The Balaban J connectivity index is 1.47. The maximum atomic E-state index is 12.3. The Morgan fingerprint density at radius 1 is 1.14 bits per heavy atom. The molecule has 2 heterocycles. The predicted molar refractivity (Wildman–Crippen MR) is 109 cm³/mol. The van der Waals surface area contributed by atoms with Gasteiger partial charge in [0.25, 0.3) is 5.91 Å². The normalized spacial score (nSPS) is 18.0. The molecule has 2 aliphatic rings. The van der Waals surface area contributed by atoms with Crippen LogP contribution in [0.4, 0.5) is 5.69 Å². The van der Waals surface area contributed by atoms with E-state index in [2.05, 4.69) is 10.2 Å². The molecule has 146 valence electrons. The Morgan fingerprint density at radius 3 is 2.79 bits per heavy atom. The van der Waals surface area contributed by atoms with Crippen LogP contribution < -0.4 is 14.8 Å². The van der Waals surface area contributed by atoms with Crippen molar-refractivity contribution >= 4 is 23.2 Å². The van der Waals surface area contributed by atoms with Crippen molar-refractivity contribution in [1.29, 1.82) is 0 Å². The average Bonchev–Trinajstić information content (AvgIpc) is 3.05. The van der Waals surface area contributed by atoms with Gasteiger partial charge in [-0.1, -0.05) is 24.3 Å². The van der Waals surface area contributed by atoms with E-state index in [9.17, 15) is 4.79 Å². The Bertz CT molecular complexity index is 888. The van der Waals surface area contributed by atoms with Gasteiger partial charge in [-0.05, 0) is 29.8 Å². The zero-order valence-electron chi connectivity index (χ0n) is 15.9. The van der Waals surface area contributed by atoms with Crippen LogP contribution in [-0.2, 0) is 9.53 Å². The van der Waals surface area contributed by atoms with Gasteiger partial charge in [-0.2, -0.15) is 0 Å². The standard InChI is InChI=1S/C22H24N2O4/c1-26-21-15-16(14-18-17-4-2-3-5-19(17)23-22(18)25)6-7-20(21)28-13-10-24-8-11-27-12-9-24/h2-7,14-15H,8-13H2,1H3,(H,23,25)/b18-14-. The van der Waals surface area contributed by atoms with Crippen LogP contribution in [0.2, 0.25) is 0 Å². The number of methoxy groups -OCH3 is 1. The Hall–Kier alpha value is -2.83. The summed E-state index contributed by atoms with van der Waals surface area (Å²) in [5, 5.41) is 2.89. The molecule has 1 fully saturated rings. The molecule has 4 rings (SSSR count). The van der Waals surface area contributed by atoms with Gasteiger partial charge in [0.05, 0.1) is 20.3 Å². The highest BCUT2D eigenvalue weighted by Crippen LogP contribution is 2.34. The first-order valence-corrected chi connectivity index (χ1v) is 9.48. The summed E-state index contributed by atoms with van der Waals surface area (Å²) in [6.45, 7) is 4.89. The third kappa shape index (κ3) is 4.03. The van der Waals surface area contributed by atoms with Crippen LogP contribution >= 0.6 is 0 Å². The fraction of sp³-hybridized carbons (Fsp3) is 0.318. The van der Waals surface area contributed by atoms with E-state index < -0.39 is 0 Å². The lowest BCUT2D eigenvalue weighted by atomic mass is 10.0. The smallest absolute Gasteiger partial charge is 0.256 e. The molecule has 0 spiro atoms. The summed E-state index contributed by atoms with van der Waals surface area (Å²) < 4.78 is 16.8. The number of nitrogens with zero attached hydrogens (tertiary/aromatic N) is 1. The van der Waals surface area contributed by atoms with Gasteiger partial charge in [0.1, 0.15) is 6.61 Å². The van der Waals surface area contributed by atoms with E-state index in [1.54, 1.807) is 7.11 Å². The van der Waals surface area contributed by atoms with Crippen molar-refractivity contribution < 1.29 is 19.0 Å². The number of fused-ring (bicyclic) bond motifs is 1. The van der Waals surface area contributed by atoms with Crippen molar-refractivity contribution in [2.75, 3.05) is 51.9 Å². The first kappa shape index (κ1) is 18.5. The monoisotopic (exact) mass is 380 g/mol. The van der Waals surface area contributed by atoms with Crippen LogP contribution in [0.5, 0.6) is 11.5 Å². The lowest BCUT2D eigenvalue weighted by Crippen LogP contribution is -2.38. The summed E-state index contributed by atoms with van der Waals surface area (Å²) in [4.78, 5) is 14.6. The number of nitrogens with one attached hydrogen (secondary N) is 1. The molecular formula is C22H24N2O4. The van der Waals surface area contributed by atoms with Crippen molar-refractivity contribution in [2.45, 2.75) is 0 Å². The highest BCUT2D eigenvalue weighted by molar-refractivity contribution is 6.34. The lowest BCUT2D eigenvalue weighted by molar-refractivity contribution is -0.110. The van der Waals surface area contributed by atoms with E-state index in [4.69, 9.17) is 14.2 Å². The van der Waals surface area contributed by atoms with Gasteiger partial charge in [-0.15, -0.1) is 0 Å². The second-order valence-electron chi connectivity index (χ2n) is 6.77. The third-order valence-corrected chi connectivity index (χ3v) is 4.98. The van der Waals surface area contributed by atoms with E-state index in [-0.39, 0.29) is 5.91 Å². The van der Waals surface area contributed by atoms with Gasteiger partial charge in [0.2, 0.25) is 0 Å². The lowest BCUT2D eigenvalue weighted by Gasteiger charge is -2.26. The molecule has 2 aromatic rings. The number of benzene rings is 2. The van der Waals surface area contributed by atoms with Crippen LogP contribution in [0.1, 0.15) is 11.1 Å². The molecule has 0 unspecified atom stereocenters. The zero-order valence-corrected chi connectivity index (χ0v) is 15.9. The Kier molecular flexibility index (Phi) is 5.60. The summed E-state index contributed by atoms with van der Waals surface area (Å²) in [5.41, 5.74) is 3.30. The minimum atomic E-state index is -0.0917. The summed E-state index contributed by atoms with van der Waals surface area (Å²) in [6.07, 6.45) is 1.88. The Morgan fingerprint density at radius 2 is 1.96 bits per heavy atom. The molecule has 6 heteroatoms. The second-order valence-corrected chi connectivity index (χ2v) is 6.77. The summed E-state index contributed by atoms with van der Waals surface area (Å²) in [6, 6.07) is 13.4. The van der Waals surface area contributed by atoms with Crippen molar-refractivity contribution in [3.63, 3.8) is 0 Å². The largest absolute Gasteiger partial charge is 0.493 e. The highest BCUT2D eigenvalue weighted by Gasteiger charge is 2.23. The average molecular weight is 380 g/mol. The van der Waals surface area contributed by atoms with Crippen molar-refractivity contribution in [3.05, 3.63) is 53.6 Å². The van der Waals surface area contributed by atoms with Crippen LogP contribution in [0.3, 0.4) is 0 Å². The molecule has 0 radical (unpaired) electrons. The fourth-order valence-corrected chi connectivity index (χ4v) is 3.45. The van der Waals surface area contributed by atoms with E-state index in [0.29, 0.717) is 23.7 Å². The number of carbonyl (C=O) groups excluding carboxylic acids is 1. The Labute approximate surface area is 164 Å². The molecule has 28 heavy (non-hydrogen) atoms. The van der Waals surface area contributed by atoms with Gasteiger partial charge >= 0.3 is 0 Å². The topological polar surface area (TPSA) is 60.0 Å². The van der Waals surface area contributed by atoms with Crippen molar-refractivity contribution in [2.24, 2.45) is 0 Å². The molecule has 1 saturated heterocycles. The number of para-hydroxylation sites is 1. The maximum absolute atomic E-state index is 12.3. The zero-order chi connectivity index (χ0) is 19.3. The molecule has 1 N–H and O–H groups in total. The van der Waals surface area contributed by atoms with E-state index in [1.165, 1.54) is 0 Å². The van der Waals surface area contributed by atoms with Crippen LogP contribution in [0.25, 0.3) is 11.6 Å². The van der Waals surface area contributed by atoms with Crippen LogP contribution in [-0.4, -0.2) is 57.4 Å². The highest BCUT2D eigenvalue weighted by atomic mass is 16.5. The number of hydrogen-bond donors (Lipinski definition) is 1. The second kappa shape index (κ2) is 8.46. The number of ether oxygens (including phenoxy) is 3. The van der Waals surface area contributed by atoms with Crippen molar-refractivity contribution in [1.82, 2.24) is 4.90 Å². The molecule has 2 aliphatic heterocycles. The minimum Gasteiger partial charge on any atom is -0.493 e. The first-order chi connectivity index (χ1) is 13.7. The van der Waals surface area contributed by atoms with Crippen LogP contribution in [0.15, 0.2) is 42.5 Å². The quantitative estimate of drug-likeness (QED) is 0.781. The number of anilines is 1. The third-order valence-electron chi connectivity index (χ3n) is 4.98. The number of rotatable bonds is 6. The minimum absolute atomic E-state index is 0.0917. The van der Waals surface area contributed by atoms with E-state index in [0.717, 1.165) is 49.7 Å². The molecule has 0 bridgehead atoms. The number of morpholine rings is 1. The molecular weight excluding hydrogens is 356 g/mol. The molecule has 1 amide bonds. The molecule has 2 aromatic carbocycles. The van der Waals surface area contributed by atoms with Gasteiger partial charge in [0, 0.05) is 36.5 Å².